The molecule has 0 spiro atoms. The van der Waals surface area contributed by atoms with Crippen LogP contribution in [-0.2, 0) is 15.1 Å². The summed E-state index contributed by atoms with van der Waals surface area (Å²) in [7, 11) is 0. The van der Waals surface area contributed by atoms with E-state index >= 15 is 0 Å². The molecule has 1 aliphatic rings. The van der Waals surface area contributed by atoms with Crippen LogP contribution in [0.3, 0.4) is 0 Å². The summed E-state index contributed by atoms with van der Waals surface area (Å²) >= 11 is 6.17. The zero-order valence-electron chi connectivity index (χ0n) is 14.1. The summed E-state index contributed by atoms with van der Waals surface area (Å²) in [6.45, 7) is 5.22. The maximum Gasteiger partial charge on any atom is 0.325 e. The molecule has 2 rings (SSSR count). The number of imide groups is 1. The zero-order chi connectivity index (χ0) is 17.9. The molecule has 130 valence electrons. The summed E-state index contributed by atoms with van der Waals surface area (Å²) in [5.41, 5.74) is -0.766. The van der Waals surface area contributed by atoms with Gasteiger partial charge in [0.2, 0.25) is 5.91 Å². The van der Waals surface area contributed by atoms with Crippen LogP contribution in [0.1, 0.15) is 39.2 Å². The molecule has 24 heavy (non-hydrogen) atoms. The second-order valence-electron chi connectivity index (χ2n) is 6.01. The lowest BCUT2D eigenvalue weighted by Crippen LogP contribution is -2.45. The average molecular weight is 352 g/mol. The van der Waals surface area contributed by atoms with E-state index in [4.69, 9.17) is 11.6 Å². The third-order valence-corrected chi connectivity index (χ3v) is 4.67. The smallest absolute Gasteiger partial charge is 0.325 e. The summed E-state index contributed by atoms with van der Waals surface area (Å²) in [4.78, 5) is 38.0. The molecule has 6 nitrogen and oxygen atoms in total. The van der Waals surface area contributed by atoms with Crippen LogP contribution in [0.15, 0.2) is 24.3 Å². The molecule has 2 N–H and O–H groups in total. The second-order valence-corrected chi connectivity index (χ2v) is 6.41. The molecule has 7 heteroatoms. The van der Waals surface area contributed by atoms with E-state index in [1.54, 1.807) is 31.2 Å². The third-order valence-electron chi connectivity index (χ3n) is 4.34. The van der Waals surface area contributed by atoms with E-state index in [1.807, 2.05) is 13.8 Å². The number of benzene rings is 1. The number of amides is 4. The average Bonchev–Trinajstić information content (AvgIpc) is 2.77. The van der Waals surface area contributed by atoms with Crippen LogP contribution < -0.4 is 10.6 Å². The standard InChI is InChI=1S/C17H22ClN3O3/c1-4-11(5-2)19-14(22)10-21-15(23)17(3,20-16(21)24)12-8-6-7-9-13(12)18/h6-9,11H,4-5,10H2,1-3H3,(H,19,22)(H,20,24)/t17-/m0/s1. The molecule has 0 radical (unpaired) electrons. The number of hydrogen-bond acceptors (Lipinski definition) is 3. The number of halogens is 1. The first-order valence-electron chi connectivity index (χ1n) is 8.02. The second kappa shape index (κ2) is 7.21. The summed E-state index contributed by atoms with van der Waals surface area (Å²) in [5.74, 6) is -0.837. The molecule has 4 amide bonds. The van der Waals surface area contributed by atoms with E-state index in [1.165, 1.54) is 0 Å². The van der Waals surface area contributed by atoms with Crippen LogP contribution in [0.5, 0.6) is 0 Å². The maximum absolute atomic E-state index is 12.8. The van der Waals surface area contributed by atoms with E-state index in [9.17, 15) is 14.4 Å². The van der Waals surface area contributed by atoms with Crippen LogP contribution in [0.25, 0.3) is 0 Å². The van der Waals surface area contributed by atoms with Gasteiger partial charge in [0.05, 0.1) is 0 Å². The van der Waals surface area contributed by atoms with Gasteiger partial charge in [-0.2, -0.15) is 0 Å². The number of urea groups is 1. The highest BCUT2D eigenvalue weighted by molar-refractivity contribution is 6.32. The third kappa shape index (κ3) is 3.38. The molecule has 1 atom stereocenters. The maximum atomic E-state index is 12.8. The SMILES string of the molecule is CCC(CC)NC(=O)CN1C(=O)N[C@@](C)(c2ccccc2Cl)C1=O. The fourth-order valence-corrected chi connectivity index (χ4v) is 3.12. The summed E-state index contributed by atoms with van der Waals surface area (Å²) in [5, 5.41) is 5.86. The first-order chi connectivity index (χ1) is 11.3. The predicted octanol–water partition coefficient (Wildman–Crippen LogP) is 2.41. The summed E-state index contributed by atoms with van der Waals surface area (Å²) < 4.78 is 0. The van der Waals surface area contributed by atoms with Crippen LogP contribution in [0, 0.1) is 0 Å². The molecular weight excluding hydrogens is 330 g/mol. The summed E-state index contributed by atoms with van der Waals surface area (Å²) in [6.07, 6.45) is 1.58. The zero-order valence-corrected chi connectivity index (χ0v) is 14.8. The molecule has 0 aliphatic carbocycles. The Labute approximate surface area is 146 Å². The van der Waals surface area contributed by atoms with Crippen molar-refractivity contribution in [3.05, 3.63) is 34.9 Å². The molecule has 0 aromatic heterocycles. The Hall–Kier alpha value is -2.08. The molecule has 1 saturated heterocycles. The van der Waals surface area contributed by atoms with Gasteiger partial charge in [-0.3, -0.25) is 14.5 Å². The molecule has 1 aromatic carbocycles. The number of hydrogen-bond donors (Lipinski definition) is 2. The lowest BCUT2D eigenvalue weighted by molar-refractivity contribution is -0.135. The van der Waals surface area contributed by atoms with Crippen molar-refractivity contribution in [1.29, 1.82) is 0 Å². The first kappa shape index (κ1) is 18.3. The Morgan fingerprint density at radius 1 is 1.29 bits per heavy atom. The van der Waals surface area contributed by atoms with Gasteiger partial charge in [0.25, 0.3) is 5.91 Å². The van der Waals surface area contributed by atoms with Crippen molar-refractivity contribution < 1.29 is 14.4 Å². The summed E-state index contributed by atoms with van der Waals surface area (Å²) in [6, 6.07) is 6.28. The lowest BCUT2D eigenvalue weighted by atomic mass is 9.92. The molecular formula is C17H22ClN3O3. The fourth-order valence-electron chi connectivity index (χ4n) is 2.80. The van der Waals surface area contributed by atoms with Gasteiger partial charge in [-0.15, -0.1) is 0 Å². The quantitative estimate of drug-likeness (QED) is 0.772. The van der Waals surface area contributed by atoms with E-state index in [0.717, 1.165) is 17.7 Å². The van der Waals surface area contributed by atoms with Gasteiger partial charge in [-0.1, -0.05) is 43.6 Å². The monoisotopic (exact) mass is 351 g/mol. The van der Waals surface area contributed by atoms with Gasteiger partial charge < -0.3 is 10.6 Å². The van der Waals surface area contributed by atoms with Gasteiger partial charge in [0.1, 0.15) is 12.1 Å². The van der Waals surface area contributed by atoms with Crippen LogP contribution in [0.4, 0.5) is 4.79 Å². The Balaban J connectivity index is 2.17. The van der Waals surface area contributed by atoms with Crippen molar-refractivity contribution in [1.82, 2.24) is 15.5 Å². The Morgan fingerprint density at radius 3 is 2.50 bits per heavy atom. The van der Waals surface area contributed by atoms with Crippen LogP contribution >= 0.6 is 11.6 Å². The minimum Gasteiger partial charge on any atom is -0.352 e. The molecule has 0 saturated carbocycles. The number of carbonyl (C=O) groups excluding carboxylic acids is 3. The topological polar surface area (TPSA) is 78.5 Å². The van der Waals surface area contributed by atoms with Crippen molar-refractivity contribution >= 4 is 29.4 Å². The van der Waals surface area contributed by atoms with Crippen molar-refractivity contribution in [2.45, 2.75) is 45.2 Å². The van der Waals surface area contributed by atoms with Gasteiger partial charge in [0, 0.05) is 16.6 Å². The number of nitrogens with one attached hydrogen (secondary N) is 2. The van der Waals surface area contributed by atoms with Crippen LogP contribution in [0.2, 0.25) is 5.02 Å². The normalized spacial score (nSPS) is 20.5. The number of nitrogens with zero attached hydrogens (tertiary/aromatic N) is 1. The Morgan fingerprint density at radius 2 is 1.92 bits per heavy atom. The molecule has 1 aliphatic heterocycles. The highest BCUT2D eigenvalue weighted by atomic mass is 35.5. The largest absolute Gasteiger partial charge is 0.352 e. The van der Waals surface area contributed by atoms with Crippen molar-refractivity contribution in [2.75, 3.05) is 6.54 Å². The van der Waals surface area contributed by atoms with E-state index in [2.05, 4.69) is 10.6 Å². The number of rotatable bonds is 6. The van der Waals surface area contributed by atoms with Gasteiger partial charge in [-0.25, -0.2) is 4.79 Å². The molecule has 1 aromatic rings. The molecule has 1 heterocycles. The van der Waals surface area contributed by atoms with Crippen LogP contribution in [-0.4, -0.2) is 35.3 Å². The molecule has 1 fully saturated rings. The van der Waals surface area contributed by atoms with E-state index in [-0.39, 0.29) is 18.5 Å². The predicted molar refractivity (Wildman–Crippen MR) is 91.6 cm³/mol. The first-order valence-corrected chi connectivity index (χ1v) is 8.39. The highest BCUT2D eigenvalue weighted by Gasteiger charge is 2.50. The molecule has 0 unspecified atom stereocenters. The number of carbonyl (C=O) groups is 3. The van der Waals surface area contributed by atoms with Gasteiger partial charge in [0.15, 0.2) is 0 Å². The highest BCUT2D eigenvalue weighted by Crippen LogP contribution is 2.33. The Kier molecular flexibility index (Phi) is 5.49. The minimum atomic E-state index is -1.27. The minimum absolute atomic E-state index is 0.0354. The van der Waals surface area contributed by atoms with E-state index in [0.29, 0.717) is 10.6 Å². The van der Waals surface area contributed by atoms with Crippen molar-refractivity contribution in [3.8, 4) is 0 Å². The lowest BCUT2D eigenvalue weighted by Gasteiger charge is -2.23. The van der Waals surface area contributed by atoms with E-state index < -0.39 is 17.5 Å². The van der Waals surface area contributed by atoms with Crippen molar-refractivity contribution in [2.24, 2.45) is 0 Å². The Bertz CT molecular complexity index is 660. The molecule has 0 bridgehead atoms. The fraction of sp³-hybridized carbons (Fsp3) is 0.471. The van der Waals surface area contributed by atoms with Gasteiger partial charge >= 0.3 is 6.03 Å². The van der Waals surface area contributed by atoms with Gasteiger partial charge in [-0.05, 0) is 25.8 Å². The van der Waals surface area contributed by atoms with Crippen molar-refractivity contribution in [3.63, 3.8) is 0 Å².